The molecule has 0 unspecified atom stereocenters. The molecule has 2 aromatic carbocycles. The highest BCUT2D eigenvalue weighted by Gasteiger charge is 2.18. The van der Waals surface area contributed by atoms with Crippen molar-refractivity contribution in [2.75, 3.05) is 23.4 Å². The zero-order valence-electron chi connectivity index (χ0n) is 14.7. The molecule has 0 aliphatic rings. The number of hydrogen-bond donors (Lipinski definition) is 2. The fourth-order valence-corrected chi connectivity index (χ4v) is 3.14. The Morgan fingerprint density at radius 2 is 1.81 bits per heavy atom. The van der Waals surface area contributed by atoms with Gasteiger partial charge in [-0.25, -0.2) is 8.42 Å². The third-order valence-corrected chi connectivity index (χ3v) is 4.30. The van der Waals surface area contributed by atoms with E-state index in [9.17, 15) is 13.2 Å². The lowest BCUT2D eigenvalue weighted by atomic mass is 10.1. The van der Waals surface area contributed by atoms with E-state index >= 15 is 0 Å². The Bertz CT molecular complexity index is 1060. The summed E-state index contributed by atoms with van der Waals surface area (Å²) in [6.45, 7) is 0. The average Bonchev–Trinajstić information content (AvgIpc) is 3.11. The fourth-order valence-electron chi connectivity index (χ4n) is 2.58. The van der Waals surface area contributed by atoms with Gasteiger partial charge in [-0.1, -0.05) is 30.3 Å². The number of benzene rings is 2. The van der Waals surface area contributed by atoms with Gasteiger partial charge in [0.2, 0.25) is 10.0 Å². The highest BCUT2D eigenvalue weighted by molar-refractivity contribution is 7.92. The van der Waals surface area contributed by atoms with E-state index in [4.69, 9.17) is 9.15 Å². The molecule has 140 valence electrons. The number of methoxy groups -OCH3 is 1. The number of nitrogens with one attached hydrogen (secondary N) is 2. The topological polar surface area (TPSA) is 97.6 Å². The Morgan fingerprint density at radius 3 is 2.48 bits per heavy atom. The zero-order chi connectivity index (χ0) is 19.4. The van der Waals surface area contributed by atoms with Gasteiger partial charge in [0.25, 0.3) is 5.91 Å². The molecule has 3 rings (SSSR count). The first-order chi connectivity index (χ1) is 12.9. The monoisotopic (exact) mass is 386 g/mol. The van der Waals surface area contributed by atoms with Crippen molar-refractivity contribution >= 4 is 27.3 Å². The van der Waals surface area contributed by atoms with Crippen LogP contribution in [0.1, 0.15) is 10.6 Å². The van der Waals surface area contributed by atoms with Gasteiger partial charge in [0.05, 0.1) is 25.3 Å². The summed E-state index contributed by atoms with van der Waals surface area (Å²) < 4.78 is 35.9. The van der Waals surface area contributed by atoms with Crippen LogP contribution in [0, 0.1) is 0 Å². The summed E-state index contributed by atoms with van der Waals surface area (Å²) in [6.07, 6.45) is 2.48. The standard InChI is InChI=1S/C19H18N2O5S/c1-25-17-9-8-14(12-16(17)21-27(2,23)24)20-19(22)18-15(10-11-26-18)13-6-4-3-5-7-13/h3-12,21H,1-2H3,(H,20,22). The van der Waals surface area contributed by atoms with Gasteiger partial charge >= 0.3 is 0 Å². The van der Waals surface area contributed by atoms with E-state index < -0.39 is 15.9 Å². The lowest BCUT2D eigenvalue weighted by Gasteiger charge is -2.12. The molecule has 3 aromatic rings. The van der Waals surface area contributed by atoms with E-state index in [0.717, 1.165) is 11.8 Å². The van der Waals surface area contributed by atoms with Gasteiger partial charge in [-0.2, -0.15) is 0 Å². The van der Waals surface area contributed by atoms with Crippen LogP contribution in [-0.2, 0) is 10.0 Å². The van der Waals surface area contributed by atoms with E-state index in [1.807, 2.05) is 30.3 Å². The Morgan fingerprint density at radius 1 is 1.07 bits per heavy atom. The van der Waals surface area contributed by atoms with Crippen LogP contribution in [0.25, 0.3) is 11.1 Å². The molecule has 0 fully saturated rings. The van der Waals surface area contributed by atoms with Gasteiger partial charge in [0.1, 0.15) is 5.75 Å². The maximum absolute atomic E-state index is 12.6. The molecule has 1 amide bonds. The van der Waals surface area contributed by atoms with Crippen LogP contribution in [0.4, 0.5) is 11.4 Å². The van der Waals surface area contributed by atoms with E-state index in [0.29, 0.717) is 17.0 Å². The smallest absolute Gasteiger partial charge is 0.292 e. The summed E-state index contributed by atoms with van der Waals surface area (Å²) in [7, 11) is -2.08. The Balaban J connectivity index is 1.87. The minimum Gasteiger partial charge on any atom is -0.495 e. The molecule has 2 N–H and O–H groups in total. The molecule has 27 heavy (non-hydrogen) atoms. The van der Waals surface area contributed by atoms with Crippen LogP contribution in [0.15, 0.2) is 65.3 Å². The van der Waals surface area contributed by atoms with Crippen LogP contribution < -0.4 is 14.8 Å². The molecule has 0 saturated carbocycles. The Hall–Kier alpha value is -3.26. The minimum absolute atomic E-state index is 0.162. The van der Waals surface area contributed by atoms with Gasteiger partial charge in [-0.05, 0) is 29.8 Å². The van der Waals surface area contributed by atoms with Crippen LogP contribution in [-0.4, -0.2) is 27.7 Å². The van der Waals surface area contributed by atoms with E-state index in [2.05, 4.69) is 10.0 Å². The summed E-state index contributed by atoms with van der Waals surface area (Å²) in [6, 6.07) is 15.7. The predicted octanol–water partition coefficient (Wildman–Crippen LogP) is 3.58. The maximum Gasteiger partial charge on any atom is 0.292 e. The molecule has 0 saturated heterocycles. The summed E-state index contributed by atoms with van der Waals surface area (Å²) in [5, 5.41) is 2.71. The molecule has 0 atom stereocenters. The van der Waals surface area contributed by atoms with Gasteiger partial charge in [-0.3, -0.25) is 9.52 Å². The van der Waals surface area contributed by atoms with Crippen LogP contribution in [0.3, 0.4) is 0 Å². The number of hydrogen-bond acceptors (Lipinski definition) is 5. The Kier molecular flexibility index (Phi) is 5.18. The number of anilines is 2. The van der Waals surface area contributed by atoms with Gasteiger partial charge in [0.15, 0.2) is 5.76 Å². The molecule has 8 heteroatoms. The van der Waals surface area contributed by atoms with Crippen molar-refractivity contribution in [1.29, 1.82) is 0 Å². The number of amides is 1. The number of sulfonamides is 1. The number of ether oxygens (including phenoxy) is 1. The molecule has 0 radical (unpaired) electrons. The normalized spacial score (nSPS) is 11.0. The summed E-state index contributed by atoms with van der Waals surface area (Å²) in [5.74, 6) is 0.0466. The number of carbonyl (C=O) groups excluding carboxylic acids is 1. The zero-order valence-corrected chi connectivity index (χ0v) is 15.5. The van der Waals surface area contributed by atoms with Gasteiger partial charge < -0.3 is 14.5 Å². The molecule has 0 aliphatic heterocycles. The molecule has 7 nitrogen and oxygen atoms in total. The van der Waals surface area contributed by atoms with E-state index in [1.165, 1.54) is 19.4 Å². The average molecular weight is 386 g/mol. The molecule has 0 spiro atoms. The second kappa shape index (κ2) is 7.55. The minimum atomic E-state index is -3.50. The quantitative estimate of drug-likeness (QED) is 0.675. The third-order valence-electron chi connectivity index (χ3n) is 3.71. The van der Waals surface area contributed by atoms with Crippen molar-refractivity contribution in [1.82, 2.24) is 0 Å². The Labute approximate surface area is 157 Å². The molecule has 0 aliphatic carbocycles. The molecular formula is C19H18N2O5S. The van der Waals surface area contributed by atoms with Crippen molar-refractivity contribution in [2.24, 2.45) is 0 Å². The summed E-state index contributed by atoms with van der Waals surface area (Å²) >= 11 is 0. The second-order valence-electron chi connectivity index (χ2n) is 5.77. The van der Waals surface area contributed by atoms with Crippen LogP contribution in [0.5, 0.6) is 5.75 Å². The summed E-state index contributed by atoms with van der Waals surface area (Å²) in [5.41, 5.74) is 2.13. The number of carbonyl (C=O) groups is 1. The summed E-state index contributed by atoms with van der Waals surface area (Å²) in [4.78, 5) is 12.6. The predicted molar refractivity (Wildman–Crippen MR) is 104 cm³/mol. The lowest BCUT2D eigenvalue weighted by molar-refractivity contribution is 0.0997. The van der Waals surface area contributed by atoms with Crippen molar-refractivity contribution in [3.8, 4) is 16.9 Å². The van der Waals surface area contributed by atoms with E-state index in [-0.39, 0.29) is 11.4 Å². The van der Waals surface area contributed by atoms with Crippen molar-refractivity contribution < 1.29 is 22.4 Å². The van der Waals surface area contributed by atoms with Crippen molar-refractivity contribution in [2.45, 2.75) is 0 Å². The fraction of sp³-hybridized carbons (Fsp3) is 0.105. The van der Waals surface area contributed by atoms with Crippen LogP contribution >= 0.6 is 0 Å². The van der Waals surface area contributed by atoms with Gasteiger partial charge in [0, 0.05) is 11.3 Å². The molecule has 1 aromatic heterocycles. The van der Waals surface area contributed by atoms with Crippen LogP contribution in [0.2, 0.25) is 0 Å². The highest BCUT2D eigenvalue weighted by atomic mass is 32.2. The third kappa shape index (κ3) is 4.48. The first-order valence-corrected chi connectivity index (χ1v) is 9.86. The number of rotatable bonds is 6. The van der Waals surface area contributed by atoms with Crippen molar-refractivity contribution in [3.05, 3.63) is 66.6 Å². The molecular weight excluding hydrogens is 368 g/mol. The molecule has 1 heterocycles. The van der Waals surface area contributed by atoms with Gasteiger partial charge in [-0.15, -0.1) is 0 Å². The van der Waals surface area contributed by atoms with Crippen molar-refractivity contribution in [3.63, 3.8) is 0 Å². The first-order valence-electron chi connectivity index (χ1n) is 7.97. The molecule has 0 bridgehead atoms. The highest BCUT2D eigenvalue weighted by Crippen LogP contribution is 2.30. The largest absolute Gasteiger partial charge is 0.495 e. The SMILES string of the molecule is COc1ccc(NC(=O)c2occc2-c2ccccc2)cc1NS(C)(=O)=O. The number of furan rings is 1. The lowest BCUT2D eigenvalue weighted by Crippen LogP contribution is -2.14. The first kappa shape index (κ1) is 18.5. The second-order valence-corrected chi connectivity index (χ2v) is 7.52. The maximum atomic E-state index is 12.6. The van der Waals surface area contributed by atoms with E-state index in [1.54, 1.807) is 18.2 Å².